The van der Waals surface area contributed by atoms with E-state index in [1.54, 1.807) is 21.0 Å². The van der Waals surface area contributed by atoms with Gasteiger partial charge in [-0.1, -0.05) is 13.8 Å². The van der Waals surface area contributed by atoms with Crippen LogP contribution in [0.1, 0.15) is 94.4 Å². The molecule has 10 atom stereocenters. The number of esters is 1. The normalized spacial score (nSPS) is 40.0. The lowest BCUT2D eigenvalue weighted by Crippen LogP contribution is -2.55. The predicted octanol–water partition coefficient (Wildman–Crippen LogP) is 4.60. The summed E-state index contributed by atoms with van der Waals surface area (Å²) in [5, 5.41) is 0. The van der Waals surface area contributed by atoms with Gasteiger partial charge in [-0.2, -0.15) is 0 Å². The van der Waals surface area contributed by atoms with E-state index in [9.17, 15) is 9.59 Å². The highest BCUT2D eigenvalue weighted by atomic mass is 16.7. The Morgan fingerprint density at radius 1 is 0.980 bits per heavy atom. The van der Waals surface area contributed by atoms with Gasteiger partial charge in [0.05, 0.1) is 30.5 Å². The van der Waals surface area contributed by atoms with Gasteiger partial charge >= 0.3 is 5.97 Å². The first-order valence-corrected chi connectivity index (χ1v) is 18.8. The van der Waals surface area contributed by atoms with Crippen LogP contribution in [0.2, 0.25) is 0 Å². The third-order valence-electron chi connectivity index (χ3n) is 12.1. The largest absolute Gasteiger partial charge is 0.463 e. The van der Waals surface area contributed by atoms with E-state index >= 15 is 0 Å². The number of hydrogen-bond acceptors (Lipinski definition) is 11. The molecule has 0 aromatic heterocycles. The Morgan fingerprint density at radius 2 is 1.63 bits per heavy atom. The molecule has 3 unspecified atom stereocenters. The number of nitrogens with zero attached hydrogens (tertiary/aromatic N) is 3. The van der Waals surface area contributed by atoms with Gasteiger partial charge in [0.15, 0.2) is 17.9 Å². The van der Waals surface area contributed by atoms with Crippen LogP contribution in [0.5, 0.6) is 0 Å². The van der Waals surface area contributed by atoms with Crippen molar-refractivity contribution >= 4 is 11.8 Å². The summed E-state index contributed by atoms with van der Waals surface area (Å²) < 4.78 is 37.6. The second-order valence-electron chi connectivity index (χ2n) is 17.2. The Hall–Kier alpha value is -1.18. The summed E-state index contributed by atoms with van der Waals surface area (Å²) in [6.45, 7) is 21.3. The highest BCUT2D eigenvalue weighted by Crippen LogP contribution is 2.39. The number of hydrogen-bond donors (Lipinski definition) is 0. The molecule has 0 aliphatic carbocycles. The molecule has 0 saturated carbocycles. The second kappa shape index (κ2) is 16.2. The molecule has 0 amide bonds. The van der Waals surface area contributed by atoms with Crippen molar-refractivity contribution in [1.82, 2.24) is 14.7 Å². The van der Waals surface area contributed by atoms with Crippen molar-refractivity contribution in [3.05, 3.63) is 0 Å². The molecule has 49 heavy (non-hydrogen) atoms. The van der Waals surface area contributed by atoms with Crippen LogP contribution in [0, 0.1) is 23.2 Å². The van der Waals surface area contributed by atoms with E-state index in [0.717, 1.165) is 38.9 Å². The number of piperidine rings is 1. The Kier molecular flexibility index (Phi) is 13.4. The molecule has 284 valence electrons. The number of Topliss-reactive ketones (excluding diaryl/α,β-unsaturated/α-hetero) is 1. The smallest absolute Gasteiger partial charge is 0.319 e. The lowest BCUT2D eigenvalue weighted by Gasteiger charge is -2.46. The summed E-state index contributed by atoms with van der Waals surface area (Å²) in [5.41, 5.74) is -2.17. The molecule has 11 heteroatoms. The summed E-state index contributed by atoms with van der Waals surface area (Å²) in [6, 6.07) is 0.579. The maximum atomic E-state index is 14.3. The number of rotatable bonds is 7. The number of likely N-dealkylation sites (N-methyl/N-ethyl adjacent to an activating group) is 1. The maximum Gasteiger partial charge on any atom is 0.319 e. The van der Waals surface area contributed by atoms with Gasteiger partial charge in [-0.05, 0) is 120 Å². The first-order chi connectivity index (χ1) is 22.8. The summed E-state index contributed by atoms with van der Waals surface area (Å²) in [4.78, 5) is 35.2. The topological polar surface area (TPSA) is 99.2 Å². The molecule has 4 heterocycles. The van der Waals surface area contributed by atoms with Gasteiger partial charge in [0.2, 0.25) is 0 Å². The van der Waals surface area contributed by atoms with E-state index in [0.29, 0.717) is 31.4 Å². The molecule has 4 aliphatic rings. The van der Waals surface area contributed by atoms with Gasteiger partial charge in [-0.25, -0.2) is 0 Å². The average Bonchev–Trinajstić information content (AvgIpc) is 3.41. The molecule has 0 spiro atoms. The molecule has 4 saturated heterocycles. The Balaban J connectivity index is 1.54. The van der Waals surface area contributed by atoms with Crippen molar-refractivity contribution in [2.75, 3.05) is 61.1 Å². The summed E-state index contributed by atoms with van der Waals surface area (Å²) >= 11 is 0. The van der Waals surface area contributed by atoms with Gasteiger partial charge in [0.25, 0.3) is 0 Å². The quantitative estimate of drug-likeness (QED) is 0.276. The van der Waals surface area contributed by atoms with E-state index in [4.69, 9.17) is 28.4 Å². The van der Waals surface area contributed by atoms with E-state index < -0.39 is 41.1 Å². The fourth-order valence-electron chi connectivity index (χ4n) is 8.91. The lowest BCUT2D eigenvalue weighted by molar-refractivity contribution is -0.263. The molecular weight excluding hydrogens is 626 g/mol. The fraction of sp³-hybridized carbons (Fsp3) is 0.947. The first kappa shape index (κ1) is 40.6. The predicted molar refractivity (Wildman–Crippen MR) is 189 cm³/mol. The van der Waals surface area contributed by atoms with Gasteiger partial charge < -0.3 is 33.3 Å². The number of cyclic esters (lactones) is 1. The van der Waals surface area contributed by atoms with Crippen LogP contribution in [0.4, 0.5) is 0 Å². The average molecular weight is 696 g/mol. The highest BCUT2D eigenvalue weighted by Gasteiger charge is 2.51. The van der Waals surface area contributed by atoms with E-state index in [-0.39, 0.29) is 42.6 Å². The Bertz CT molecular complexity index is 1110. The van der Waals surface area contributed by atoms with Crippen molar-refractivity contribution < 1.29 is 38.0 Å². The monoisotopic (exact) mass is 696 g/mol. The molecule has 4 aliphatic heterocycles. The first-order valence-electron chi connectivity index (χ1n) is 18.8. The minimum Gasteiger partial charge on any atom is -0.463 e. The zero-order chi connectivity index (χ0) is 36.5. The number of likely N-dealkylation sites (tertiary alicyclic amines) is 1. The van der Waals surface area contributed by atoms with Crippen LogP contribution in [-0.2, 0) is 38.0 Å². The third-order valence-corrected chi connectivity index (χ3v) is 12.1. The van der Waals surface area contributed by atoms with Crippen LogP contribution in [0.3, 0.4) is 0 Å². The van der Waals surface area contributed by atoms with Gasteiger partial charge in [0.1, 0.15) is 12.0 Å². The molecule has 0 bridgehead atoms. The zero-order valence-corrected chi connectivity index (χ0v) is 33.0. The minimum atomic E-state index is -1.36. The zero-order valence-electron chi connectivity index (χ0n) is 33.0. The van der Waals surface area contributed by atoms with Gasteiger partial charge in [0, 0.05) is 44.1 Å². The molecule has 4 rings (SSSR count). The number of carbonyl (C=O) groups excluding carboxylic acids is 2. The summed E-state index contributed by atoms with van der Waals surface area (Å²) in [7, 11) is 8.00. The molecular formula is C38H69N3O8. The van der Waals surface area contributed by atoms with Crippen LogP contribution in [0.25, 0.3) is 0 Å². The Morgan fingerprint density at radius 3 is 2.20 bits per heavy atom. The van der Waals surface area contributed by atoms with Crippen molar-refractivity contribution in [2.45, 2.75) is 149 Å². The molecule has 4 fully saturated rings. The summed E-state index contributed by atoms with van der Waals surface area (Å²) in [5.74, 6) is -1.33. The lowest BCUT2D eigenvalue weighted by atomic mass is 9.74. The fourth-order valence-corrected chi connectivity index (χ4v) is 8.91. The third kappa shape index (κ3) is 9.63. The second-order valence-corrected chi connectivity index (χ2v) is 17.2. The number of methoxy groups -OCH3 is 1. The highest BCUT2D eigenvalue weighted by molar-refractivity contribution is 6.04. The molecule has 0 aromatic carbocycles. The van der Waals surface area contributed by atoms with E-state index in [1.807, 2.05) is 27.7 Å². The van der Waals surface area contributed by atoms with Crippen molar-refractivity contribution in [2.24, 2.45) is 23.2 Å². The number of ketones is 1. The number of carbonyl (C=O) groups is 2. The van der Waals surface area contributed by atoms with Crippen LogP contribution < -0.4 is 0 Å². The van der Waals surface area contributed by atoms with Crippen LogP contribution >= 0.6 is 0 Å². The molecule has 11 nitrogen and oxygen atoms in total. The van der Waals surface area contributed by atoms with Crippen LogP contribution in [0.15, 0.2) is 0 Å². The molecule has 0 aromatic rings. The van der Waals surface area contributed by atoms with Crippen molar-refractivity contribution in [3.8, 4) is 0 Å². The standard InChI is InChI=1S/C38H69N3O8/c1-24-20-38(9,44-13)34(48-32-19-29(39(10)11)18-25(2)47-32)26(3)33(42)36(5,6)35(43)45-22-30(40(12)21-24)28-14-16-41(17-15-28)27(4)31-23-46-37(7,8)49-31/h24-32,34H,14-23H2,1-13H3/t24-,25-,26+,27?,29+,30?,31-,32?,34-,38-/m1/s1. The number of ether oxygens (including phenoxy) is 6. The minimum absolute atomic E-state index is 0.0175. The van der Waals surface area contributed by atoms with Crippen molar-refractivity contribution in [3.63, 3.8) is 0 Å². The van der Waals surface area contributed by atoms with Crippen LogP contribution in [-0.4, -0.2) is 142 Å². The van der Waals surface area contributed by atoms with Crippen molar-refractivity contribution in [1.29, 1.82) is 0 Å². The van der Waals surface area contributed by atoms with Gasteiger partial charge in [-0.15, -0.1) is 0 Å². The SMILES string of the molecule is CO[C@]1(C)C[C@@H](C)CN(C)C(C2CCN(C(C)[C@H]3COC(C)(C)O3)CC2)COC(=O)C(C)(C)C(=O)[C@H](C)[C@H]1OC1C[C@@H](N(C)C)C[C@@H](C)O1. The van der Waals surface area contributed by atoms with E-state index in [1.165, 1.54) is 0 Å². The molecule has 0 radical (unpaired) electrons. The van der Waals surface area contributed by atoms with E-state index in [2.05, 4.69) is 56.6 Å². The summed E-state index contributed by atoms with van der Waals surface area (Å²) in [6.07, 6.45) is 3.19. The maximum absolute atomic E-state index is 14.3. The van der Waals surface area contributed by atoms with Gasteiger partial charge in [-0.3, -0.25) is 19.4 Å². The molecule has 0 N–H and O–H groups in total. The Labute approximate surface area is 297 Å².